The second-order valence-corrected chi connectivity index (χ2v) is 4.67. The molecule has 0 amide bonds. The molecule has 0 aromatic heterocycles. The van der Waals surface area contributed by atoms with Crippen LogP contribution in [-0.2, 0) is 14.3 Å². The van der Waals surface area contributed by atoms with E-state index < -0.39 is 5.97 Å². The fourth-order valence-corrected chi connectivity index (χ4v) is 1.47. The van der Waals surface area contributed by atoms with E-state index in [1.54, 1.807) is 6.08 Å². The highest BCUT2D eigenvalue weighted by atomic mass is 16.6. The van der Waals surface area contributed by atoms with E-state index in [1.807, 2.05) is 37.3 Å². The number of esters is 1. The largest absolute Gasteiger partial charge is 0.487 e. The van der Waals surface area contributed by atoms with Gasteiger partial charge < -0.3 is 9.47 Å². The number of hydrogen-bond acceptors (Lipinski definition) is 3. The van der Waals surface area contributed by atoms with Crippen molar-refractivity contribution in [2.24, 2.45) is 5.92 Å². The van der Waals surface area contributed by atoms with Crippen molar-refractivity contribution in [3.63, 3.8) is 0 Å². The summed E-state index contributed by atoms with van der Waals surface area (Å²) in [5.41, 5.74) is 0.923. The van der Waals surface area contributed by atoms with Crippen LogP contribution >= 0.6 is 0 Å². The lowest BCUT2D eigenvalue weighted by Gasteiger charge is -2.10. The minimum atomic E-state index is -0.397. The predicted molar refractivity (Wildman–Crippen MR) is 76.5 cm³/mol. The van der Waals surface area contributed by atoms with Crippen molar-refractivity contribution in [3.05, 3.63) is 41.7 Å². The Morgan fingerprint density at radius 2 is 1.89 bits per heavy atom. The maximum atomic E-state index is 11.9. The van der Waals surface area contributed by atoms with E-state index in [4.69, 9.17) is 9.47 Å². The molecule has 0 aliphatic heterocycles. The van der Waals surface area contributed by atoms with Gasteiger partial charge in [-0.1, -0.05) is 44.2 Å². The Balaban J connectivity index is 2.66. The van der Waals surface area contributed by atoms with Gasteiger partial charge in [0.25, 0.3) is 0 Å². The van der Waals surface area contributed by atoms with Gasteiger partial charge in [0.15, 0.2) is 0 Å². The maximum Gasteiger partial charge on any atom is 0.373 e. The van der Waals surface area contributed by atoms with Gasteiger partial charge in [-0.15, -0.1) is 0 Å². The lowest BCUT2D eigenvalue weighted by Crippen LogP contribution is -2.12. The van der Waals surface area contributed by atoms with Crippen LogP contribution in [0.4, 0.5) is 0 Å². The fraction of sp³-hybridized carbons (Fsp3) is 0.438. The molecule has 0 spiro atoms. The van der Waals surface area contributed by atoms with E-state index in [1.165, 1.54) is 0 Å². The Kier molecular flexibility index (Phi) is 6.72. The smallest absolute Gasteiger partial charge is 0.373 e. The van der Waals surface area contributed by atoms with Crippen molar-refractivity contribution in [2.75, 3.05) is 13.2 Å². The summed E-state index contributed by atoms with van der Waals surface area (Å²) in [6, 6.07) is 9.60. The molecule has 3 nitrogen and oxygen atoms in total. The van der Waals surface area contributed by atoms with Crippen LogP contribution in [0, 0.1) is 5.92 Å². The molecular formula is C16H22O3. The van der Waals surface area contributed by atoms with Crippen LogP contribution in [0.25, 0.3) is 6.08 Å². The quantitative estimate of drug-likeness (QED) is 0.427. The Morgan fingerprint density at radius 1 is 1.21 bits per heavy atom. The van der Waals surface area contributed by atoms with Crippen molar-refractivity contribution in [2.45, 2.75) is 27.2 Å². The molecule has 0 fully saturated rings. The number of ether oxygens (including phenoxy) is 2. The molecule has 0 saturated heterocycles. The second kappa shape index (κ2) is 8.35. The van der Waals surface area contributed by atoms with E-state index in [2.05, 4.69) is 13.8 Å². The highest BCUT2D eigenvalue weighted by Gasteiger charge is 2.12. The summed E-state index contributed by atoms with van der Waals surface area (Å²) in [6.07, 6.45) is 2.57. The van der Waals surface area contributed by atoms with Gasteiger partial charge in [0.1, 0.15) is 0 Å². The fourth-order valence-electron chi connectivity index (χ4n) is 1.47. The first-order valence-electron chi connectivity index (χ1n) is 6.70. The highest BCUT2D eigenvalue weighted by molar-refractivity contribution is 5.91. The zero-order chi connectivity index (χ0) is 14.1. The maximum absolute atomic E-state index is 11.9. The molecule has 19 heavy (non-hydrogen) atoms. The molecular weight excluding hydrogens is 240 g/mol. The van der Waals surface area contributed by atoms with Gasteiger partial charge >= 0.3 is 5.97 Å². The van der Waals surface area contributed by atoms with Crippen molar-refractivity contribution >= 4 is 12.0 Å². The van der Waals surface area contributed by atoms with Gasteiger partial charge in [0, 0.05) is 0 Å². The lowest BCUT2D eigenvalue weighted by molar-refractivity contribution is -0.143. The molecule has 1 aromatic carbocycles. The van der Waals surface area contributed by atoms with E-state index in [-0.39, 0.29) is 5.76 Å². The van der Waals surface area contributed by atoms with Crippen molar-refractivity contribution in [1.29, 1.82) is 0 Å². The average Bonchev–Trinajstić information content (AvgIpc) is 2.39. The van der Waals surface area contributed by atoms with E-state index in [9.17, 15) is 4.79 Å². The number of rotatable bonds is 7. The van der Waals surface area contributed by atoms with Gasteiger partial charge in [0.2, 0.25) is 5.76 Å². The molecule has 3 heteroatoms. The Hall–Kier alpha value is -1.77. The van der Waals surface area contributed by atoms with Gasteiger partial charge in [-0.25, -0.2) is 4.79 Å². The van der Waals surface area contributed by atoms with Gasteiger partial charge in [0.05, 0.1) is 13.2 Å². The molecule has 0 aliphatic rings. The monoisotopic (exact) mass is 262 g/mol. The standard InChI is InChI=1S/C16H22O3/c1-4-18-15(12-14-8-6-5-7-9-14)16(17)19-11-10-13(2)3/h5-9,12-13H,4,10-11H2,1-3H3. The number of carbonyl (C=O) groups excluding carboxylic acids is 1. The Morgan fingerprint density at radius 3 is 2.47 bits per heavy atom. The zero-order valence-electron chi connectivity index (χ0n) is 11.9. The second-order valence-electron chi connectivity index (χ2n) is 4.67. The molecule has 0 N–H and O–H groups in total. The molecule has 1 aromatic rings. The van der Waals surface area contributed by atoms with Gasteiger partial charge in [-0.3, -0.25) is 0 Å². The summed E-state index contributed by atoms with van der Waals surface area (Å²) < 4.78 is 10.6. The summed E-state index contributed by atoms with van der Waals surface area (Å²) >= 11 is 0. The van der Waals surface area contributed by atoms with Gasteiger partial charge in [-0.2, -0.15) is 0 Å². The molecule has 0 atom stereocenters. The third-order valence-electron chi connectivity index (χ3n) is 2.53. The molecule has 0 saturated carbocycles. The first-order valence-corrected chi connectivity index (χ1v) is 6.70. The molecule has 0 aliphatic carbocycles. The molecule has 1 rings (SSSR count). The van der Waals surface area contributed by atoms with Crippen LogP contribution in [-0.4, -0.2) is 19.2 Å². The highest BCUT2D eigenvalue weighted by Crippen LogP contribution is 2.10. The molecule has 0 radical (unpaired) electrons. The number of benzene rings is 1. The molecule has 104 valence electrons. The van der Waals surface area contributed by atoms with Crippen LogP contribution < -0.4 is 0 Å². The molecule has 0 heterocycles. The summed E-state index contributed by atoms with van der Waals surface area (Å²) in [5.74, 6) is 0.380. The minimum absolute atomic E-state index is 0.262. The zero-order valence-corrected chi connectivity index (χ0v) is 11.9. The topological polar surface area (TPSA) is 35.5 Å². The Bertz CT molecular complexity index is 407. The average molecular weight is 262 g/mol. The third kappa shape index (κ3) is 6.09. The minimum Gasteiger partial charge on any atom is -0.487 e. The van der Waals surface area contributed by atoms with Gasteiger partial charge in [-0.05, 0) is 30.9 Å². The molecule has 0 bridgehead atoms. The predicted octanol–water partition coefficient (Wildman–Crippen LogP) is 3.65. The number of carbonyl (C=O) groups is 1. The van der Waals surface area contributed by atoms with E-state index >= 15 is 0 Å². The van der Waals surface area contributed by atoms with Crippen LogP contribution in [0.2, 0.25) is 0 Å². The van der Waals surface area contributed by atoms with E-state index in [0.29, 0.717) is 19.1 Å². The lowest BCUT2D eigenvalue weighted by atomic mass is 10.1. The summed E-state index contributed by atoms with van der Waals surface area (Å²) in [4.78, 5) is 11.9. The number of hydrogen-bond donors (Lipinski definition) is 0. The first kappa shape index (κ1) is 15.3. The molecule has 0 unspecified atom stereocenters. The SMILES string of the molecule is CCOC(=Cc1ccccc1)C(=O)OCCC(C)C. The summed E-state index contributed by atoms with van der Waals surface area (Å²) in [6.45, 7) is 6.90. The van der Waals surface area contributed by atoms with E-state index in [0.717, 1.165) is 12.0 Å². The van der Waals surface area contributed by atoms with Crippen molar-refractivity contribution in [3.8, 4) is 0 Å². The van der Waals surface area contributed by atoms with Crippen LogP contribution in [0.3, 0.4) is 0 Å². The van der Waals surface area contributed by atoms with Crippen LogP contribution in [0.1, 0.15) is 32.8 Å². The summed E-state index contributed by atoms with van der Waals surface area (Å²) in [5, 5.41) is 0. The third-order valence-corrected chi connectivity index (χ3v) is 2.53. The Labute approximate surface area is 115 Å². The first-order chi connectivity index (χ1) is 9.13. The van der Waals surface area contributed by atoms with Crippen molar-refractivity contribution in [1.82, 2.24) is 0 Å². The van der Waals surface area contributed by atoms with Crippen LogP contribution in [0.5, 0.6) is 0 Å². The van der Waals surface area contributed by atoms with Crippen LogP contribution in [0.15, 0.2) is 36.1 Å². The van der Waals surface area contributed by atoms with Crippen molar-refractivity contribution < 1.29 is 14.3 Å². The normalized spacial score (nSPS) is 11.5. The summed E-state index contributed by atoms with van der Waals surface area (Å²) in [7, 11) is 0.